The lowest BCUT2D eigenvalue weighted by molar-refractivity contribution is -0.130. The summed E-state index contributed by atoms with van der Waals surface area (Å²) in [6.07, 6.45) is -0.0989. The van der Waals surface area contributed by atoms with Crippen LogP contribution in [0, 0.1) is 0 Å². The molecule has 0 radical (unpaired) electrons. The van der Waals surface area contributed by atoms with Gasteiger partial charge in [-0.15, -0.1) is 0 Å². The molecule has 0 bridgehead atoms. The molecule has 0 aromatic heterocycles. The number of amides is 1. The number of aliphatic hydroxyl groups excluding tert-OH is 1. The van der Waals surface area contributed by atoms with Crippen LogP contribution in [-0.4, -0.2) is 35.7 Å². The molecule has 5 rings (SSSR count). The van der Waals surface area contributed by atoms with Gasteiger partial charge in [0.25, 0.3) is 5.91 Å². The first kappa shape index (κ1) is 31.6. The lowest BCUT2D eigenvalue weighted by Gasteiger charge is -2.31. The minimum atomic E-state index is -1.45. The van der Waals surface area contributed by atoms with Gasteiger partial charge in [0.15, 0.2) is 11.6 Å². The van der Waals surface area contributed by atoms with Crippen LogP contribution in [0.1, 0.15) is 40.3 Å². The highest BCUT2D eigenvalue weighted by Gasteiger charge is 2.53. The van der Waals surface area contributed by atoms with Crippen molar-refractivity contribution in [1.29, 1.82) is 0 Å². The second-order valence-electron chi connectivity index (χ2n) is 10.4. The second kappa shape index (κ2) is 15.2. The topological polar surface area (TPSA) is 141 Å². The Kier molecular flexibility index (Phi) is 10.7. The molecule has 230 valence electrons. The van der Waals surface area contributed by atoms with Crippen molar-refractivity contribution in [2.45, 2.75) is 37.6 Å². The molecule has 0 saturated carbocycles. The number of carbonyl (C=O) groups excluding carboxylic acids is 1. The number of hydrogen-bond donors (Lipinski definition) is 3. The number of aliphatic hydroxyl groups is 1. The Morgan fingerprint density at radius 2 is 1.67 bits per heavy atom. The molecule has 4 aromatic rings. The van der Waals surface area contributed by atoms with Crippen molar-refractivity contribution >= 4 is 23.4 Å². The molecule has 1 aliphatic heterocycles. The van der Waals surface area contributed by atoms with Crippen LogP contribution in [0.3, 0.4) is 0 Å². The zero-order valence-electron chi connectivity index (χ0n) is 24.5. The van der Waals surface area contributed by atoms with Crippen LogP contribution >= 0.6 is 11.6 Å². The Morgan fingerprint density at radius 1 is 0.978 bits per heavy atom. The molecule has 0 spiro atoms. The Hall–Kier alpha value is -4.86. The van der Waals surface area contributed by atoms with Gasteiger partial charge in [-0.25, -0.2) is 10.4 Å². The SMILES string of the molecule is [N-]=[N+]=NCc1ccccc1C[C@]1(C(=O)NNCc2ccccc2Cl)N=C(c2ccc(OCCCO)cc2)O[C@H]1c1ccccc1. The standard InChI is InChI=1S/C34H33ClN6O4/c35-30-14-7-6-13-28(30)23-37-40-33(43)34(21-26-11-4-5-12-27(26)22-38-41-36)31(24-9-2-1-3-10-24)45-32(39-34)25-15-17-29(18-16-25)44-20-8-19-42/h1-7,9-18,31,37,42H,8,19-23H2,(H,40,43)/t31-,34-/m0/s1. The average Bonchev–Trinajstić information content (AvgIpc) is 3.46. The van der Waals surface area contributed by atoms with E-state index in [0.29, 0.717) is 41.8 Å². The number of benzene rings is 4. The first-order valence-corrected chi connectivity index (χ1v) is 14.9. The molecular weight excluding hydrogens is 592 g/mol. The summed E-state index contributed by atoms with van der Waals surface area (Å²) >= 11 is 6.35. The maximum atomic E-state index is 14.4. The Balaban J connectivity index is 1.54. The lowest BCUT2D eigenvalue weighted by atomic mass is 9.81. The van der Waals surface area contributed by atoms with Crippen LogP contribution < -0.4 is 15.6 Å². The fraction of sp³-hybridized carbons (Fsp3) is 0.235. The average molecular weight is 625 g/mol. The number of nitrogens with zero attached hydrogens (tertiary/aromatic N) is 4. The number of nitrogens with one attached hydrogen (secondary N) is 2. The van der Waals surface area contributed by atoms with Gasteiger partial charge < -0.3 is 14.6 Å². The quantitative estimate of drug-likeness (QED) is 0.0501. The van der Waals surface area contributed by atoms with Gasteiger partial charge in [0.05, 0.1) is 13.2 Å². The fourth-order valence-corrected chi connectivity index (χ4v) is 5.36. The first-order valence-electron chi connectivity index (χ1n) is 14.5. The molecule has 0 fully saturated rings. The monoisotopic (exact) mass is 624 g/mol. The van der Waals surface area contributed by atoms with Crippen LogP contribution in [0.4, 0.5) is 0 Å². The minimum absolute atomic E-state index is 0.0486. The maximum absolute atomic E-state index is 14.4. The van der Waals surface area contributed by atoms with Gasteiger partial charge in [0.2, 0.25) is 5.90 Å². The second-order valence-corrected chi connectivity index (χ2v) is 10.8. The molecule has 2 atom stereocenters. The molecule has 0 aliphatic carbocycles. The highest BCUT2D eigenvalue weighted by molar-refractivity contribution is 6.31. The summed E-state index contributed by atoms with van der Waals surface area (Å²) < 4.78 is 12.3. The summed E-state index contributed by atoms with van der Waals surface area (Å²) in [5.41, 5.74) is 17.3. The zero-order chi connectivity index (χ0) is 31.5. The lowest BCUT2D eigenvalue weighted by Crippen LogP contribution is -2.53. The number of rotatable bonds is 14. The predicted octanol–water partition coefficient (Wildman–Crippen LogP) is 6.23. The first-order chi connectivity index (χ1) is 22.0. The van der Waals surface area contributed by atoms with Crippen molar-refractivity contribution in [3.05, 3.63) is 146 Å². The van der Waals surface area contributed by atoms with Gasteiger partial charge in [0, 0.05) is 41.5 Å². The number of azide groups is 1. The van der Waals surface area contributed by atoms with E-state index in [2.05, 4.69) is 20.9 Å². The predicted molar refractivity (Wildman–Crippen MR) is 173 cm³/mol. The number of carbonyl (C=O) groups is 1. The normalized spacial score (nSPS) is 17.1. The third-order valence-electron chi connectivity index (χ3n) is 7.45. The van der Waals surface area contributed by atoms with Gasteiger partial charge in [-0.1, -0.05) is 89.5 Å². The van der Waals surface area contributed by atoms with E-state index in [1.165, 1.54) is 0 Å². The summed E-state index contributed by atoms with van der Waals surface area (Å²) in [4.78, 5) is 22.4. The van der Waals surface area contributed by atoms with Gasteiger partial charge in [0.1, 0.15) is 5.75 Å². The molecule has 45 heavy (non-hydrogen) atoms. The van der Waals surface area contributed by atoms with E-state index in [1.54, 1.807) is 18.2 Å². The summed E-state index contributed by atoms with van der Waals surface area (Å²) in [6.45, 7) is 0.858. The molecule has 3 N–H and O–H groups in total. The van der Waals surface area contributed by atoms with E-state index < -0.39 is 17.6 Å². The largest absolute Gasteiger partial charge is 0.494 e. The van der Waals surface area contributed by atoms with E-state index in [1.807, 2.05) is 84.9 Å². The molecule has 10 nitrogen and oxygen atoms in total. The summed E-state index contributed by atoms with van der Waals surface area (Å²) in [6, 6.07) is 31.7. The summed E-state index contributed by atoms with van der Waals surface area (Å²) in [5, 5.41) is 13.4. The van der Waals surface area contributed by atoms with Crippen LogP contribution in [0.5, 0.6) is 5.75 Å². The van der Waals surface area contributed by atoms with Crippen LogP contribution in [-0.2, 0) is 29.0 Å². The smallest absolute Gasteiger partial charge is 0.266 e. The Bertz CT molecular complexity index is 1680. The van der Waals surface area contributed by atoms with Crippen molar-refractivity contribution in [3.63, 3.8) is 0 Å². The van der Waals surface area contributed by atoms with E-state index in [-0.39, 0.29) is 19.6 Å². The van der Waals surface area contributed by atoms with Crippen molar-refractivity contribution in [1.82, 2.24) is 10.9 Å². The van der Waals surface area contributed by atoms with E-state index in [0.717, 1.165) is 22.3 Å². The van der Waals surface area contributed by atoms with E-state index in [4.69, 9.17) is 36.7 Å². The van der Waals surface area contributed by atoms with Crippen LogP contribution in [0.25, 0.3) is 10.4 Å². The molecule has 0 unspecified atom stereocenters. The number of hydrogen-bond acceptors (Lipinski definition) is 7. The third-order valence-corrected chi connectivity index (χ3v) is 7.82. The minimum Gasteiger partial charge on any atom is -0.494 e. The number of halogens is 1. The number of aliphatic imine (C=N–C) groups is 1. The van der Waals surface area contributed by atoms with Crippen LogP contribution in [0.2, 0.25) is 5.02 Å². The molecule has 4 aromatic carbocycles. The zero-order valence-corrected chi connectivity index (χ0v) is 25.2. The molecule has 1 aliphatic rings. The number of hydrazine groups is 1. The Labute approximate surface area is 266 Å². The number of ether oxygens (including phenoxy) is 2. The van der Waals surface area contributed by atoms with Gasteiger partial charge in [-0.3, -0.25) is 10.2 Å². The molecule has 1 amide bonds. The van der Waals surface area contributed by atoms with Crippen molar-refractivity contribution < 1.29 is 19.4 Å². The van der Waals surface area contributed by atoms with Crippen molar-refractivity contribution in [2.75, 3.05) is 13.2 Å². The van der Waals surface area contributed by atoms with Crippen molar-refractivity contribution in [3.8, 4) is 5.75 Å². The van der Waals surface area contributed by atoms with Crippen LogP contribution in [0.15, 0.2) is 113 Å². The van der Waals surface area contributed by atoms with Gasteiger partial charge >= 0.3 is 0 Å². The van der Waals surface area contributed by atoms with Gasteiger partial charge in [-0.05, 0) is 58.1 Å². The highest BCUT2D eigenvalue weighted by Crippen LogP contribution is 2.43. The van der Waals surface area contributed by atoms with E-state index >= 15 is 0 Å². The Morgan fingerprint density at radius 3 is 2.38 bits per heavy atom. The summed E-state index contributed by atoms with van der Waals surface area (Å²) in [7, 11) is 0. The third kappa shape index (κ3) is 7.63. The molecule has 0 saturated heterocycles. The molecule has 1 heterocycles. The highest BCUT2D eigenvalue weighted by atomic mass is 35.5. The van der Waals surface area contributed by atoms with E-state index in [9.17, 15) is 4.79 Å². The fourth-order valence-electron chi connectivity index (χ4n) is 5.16. The summed E-state index contributed by atoms with van der Waals surface area (Å²) in [5.74, 6) is 0.547. The van der Waals surface area contributed by atoms with Crippen molar-refractivity contribution in [2.24, 2.45) is 10.1 Å². The molecule has 11 heteroatoms. The molecular formula is C34H33ClN6O4. The van der Waals surface area contributed by atoms with Gasteiger partial charge in [-0.2, -0.15) is 0 Å². The maximum Gasteiger partial charge on any atom is 0.266 e.